The minimum Gasteiger partial charge on any atom is -0.507 e. The van der Waals surface area contributed by atoms with Gasteiger partial charge in [0, 0.05) is 28.2 Å². The number of aromatic hydroxyl groups is 1. The number of nitrogens with one attached hydrogen (secondary N) is 1. The van der Waals surface area contributed by atoms with E-state index in [-0.39, 0.29) is 17.1 Å². The van der Waals surface area contributed by atoms with Crippen molar-refractivity contribution in [3.05, 3.63) is 101 Å². The molecule has 0 spiro atoms. The number of rotatable bonds is 6. The van der Waals surface area contributed by atoms with Crippen molar-refractivity contribution < 1.29 is 19.4 Å². The fourth-order valence-corrected chi connectivity index (χ4v) is 3.75. The van der Waals surface area contributed by atoms with E-state index in [0.29, 0.717) is 16.7 Å². The molecule has 0 saturated heterocycles. The van der Waals surface area contributed by atoms with Crippen LogP contribution in [0.25, 0.3) is 10.9 Å². The number of Topliss-reactive ketones (excluding diaryl/α,β-unsaturated/α-hetero) is 1. The second kappa shape index (κ2) is 8.48. The highest BCUT2D eigenvalue weighted by Crippen LogP contribution is 2.31. The number of aromatic nitrogens is 1. The lowest BCUT2D eigenvalue weighted by Crippen LogP contribution is -2.20. The molecule has 0 aliphatic rings. The number of carbonyl (C=O) groups excluding carboxylic acids is 2. The lowest BCUT2D eigenvalue weighted by atomic mass is 9.98. The molecule has 1 atom stereocenters. The summed E-state index contributed by atoms with van der Waals surface area (Å²) in [6.07, 6.45) is 1.35. The maximum absolute atomic E-state index is 13.6. The van der Waals surface area contributed by atoms with Crippen LogP contribution in [0.15, 0.2) is 72.9 Å². The fourth-order valence-electron chi connectivity index (χ4n) is 3.75. The van der Waals surface area contributed by atoms with Gasteiger partial charge in [0.15, 0.2) is 6.10 Å². The van der Waals surface area contributed by atoms with Gasteiger partial charge in [-0.3, -0.25) is 4.79 Å². The van der Waals surface area contributed by atoms with Crippen molar-refractivity contribution in [1.82, 2.24) is 4.98 Å². The maximum Gasteiger partial charge on any atom is 0.342 e. The molecule has 3 aromatic carbocycles. The lowest BCUT2D eigenvalue weighted by Gasteiger charge is -2.18. The molecular weight excluding hydrogens is 390 g/mol. The van der Waals surface area contributed by atoms with Crippen molar-refractivity contribution in [3.63, 3.8) is 0 Å². The molecule has 0 fully saturated rings. The largest absolute Gasteiger partial charge is 0.507 e. The number of para-hydroxylation sites is 2. The predicted molar refractivity (Wildman–Crippen MR) is 119 cm³/mol. The van der Waals surface area contributed by atoms with E-state index in [4.69, 9.17) is 4.74 Å². The van der Waals surface area contributed by atoms with Crippen molar-refractivity contribution in [3.8, 4) is 5.75 Å². The quantitative estimate of drug-likeness (QED) is 0.322. The van der Waals surface area contributed by atoms with Gasteiger partial charge in [-0.1, -0.05) is 67.6 Å². The normalized spacial score (nSPS) is 11.9. The number of aryl methyl sites for hydroxylation is 2. The number of carbonyl (C=O) groups is 2. The number of aromatic amines is 1. The average molecular weight is 413 g/mol. The summed E-state index contributed by atoms with van der Waals surface area (Å²) in [7, 11) is 0. The summed E-state index contributed by atoms with van der Waals surface area (Å²) in [5.74, 6) is -1.23. The van der Waals surface area contributed by atoms with Crippen molar-refractivity contribution in [2.45, 2.75) is 26.4 Å². The van der Waals surface area contributed by atoms with Crippen molar-refractivity contribution in [1.29, 1.82) is 0 Å². The van der Waals surface area contributed by atoms with Gasteiger partial charge in [0.2, 0.25) is 5.78 Å². The highest BCUT2D eigenvalue weighted by atomic mass is 16.5. The summed E-state index contributed by atoms with van der Waals surface area (Å²) in [4.78, 5) is 29.7. The van der Waals surface area contributed by atoms with Gasteiger partial charge in [-0.15, -0.1) is 0 Å². The monoisotopic (exact) mass is 413 g/mol. The van der Waals surface area contributed by atoms with E-state index in [9.17, 15) is 14.7 Å². The zero-order valence-corrected chi connectivity index (χ0v) is 17.4. The first kappa shape index (κ1) is 20.4. The van der Waals surface area contributed by atoms with Crippen LogP contribution in [-0.4, -0.2) is 21.8 Å². The van der Waals surface area contributed by atoms with Crippen LogP contribution in [0.5, 0.6) is 5.75 Å². The molecule has 156 valence electrons. The summed E-state index contributed by atoms with van der Waals surface area (Å²) in [6, 6.07) is 19.6. The zero-order valence-electron chi connectivity index (χ0n) is 17.4. The molecule has 0 aliphatic heterocycles. The zero-order chi connectivity index (χ0) is 22.0. The Balaban J connectivity index is 1.75. The molecule has 5 heteroatoms. The van der Waals surface area contributed by atoms with Gasteiger partial charge in [0.25, 0.3) is 0 Å². The van der Waals surface area contributed by atoms with Crippen LogP contribution in [0.2, 0.25) is 0 Å². The third kappa shape index (κ3) is 3.82. The standard InChI is InChI=1S/C26H23NO4/c1-3-17-12-8-13-19-21(15-27-22(17)19)24(29)25(18-10-5-4-6-11-18)31-26(30)20-14-7-9-16(2)23(20)28/h4-15,25,27-28H,3H2,1-2H3/t25-/m0/s1. The number of phenolic OH excluding ortho intramolecular Hbond substituents is 1. The molecule has 0 amide bonds. The number of ether oxygens (including phenoxy) is 1. The predicted octanol–water partition coefficient (Wildman–Crippen LogP) is 5.53. The van der Waals surface area contributed by atoms with Crippen molar-refractivity contribution in [2.24, 2.45) is 0 Å². The minimum atomic E-state index is -1.14. The van der Waals surface area contributed by atoms with Gasteiger partial charge >= 0.3 is 5.97 Å². The van der Waals surface area contributed by atoms with E-state index < -0.39 is 12.1 Å². The van der Waals surface area contributed by atoms with Gasteiger partial charge in [-0.2, -0.15) is 0 Å². The molecule has 5 nitrogen and oxygen atoms in total. The summed E-state index contributed by atoms with van der Waals surface area (Å²) < 4.78 is 5.69. The first-order valence-electron chi connectivity index (χ1n) is 10.2. The van der Waals surface area contributed by atoms with Crippen LogP contribution in [0.1, 0.15) is 50.4 Å². The molecule has 2 N–H and O–H groups in total. The molecule has 0 aliphatic carbocycles. The van der Waals surface area contributed by atoms with Gasteiger partial charge in [0.05, 0.1) is 0 Å². The topological polar surface area (TPSA) is 79.4 Å². The molecule has 0 saturated carbocycles. The van der Waals surface area contributed by atoms with E-state index in [1.54, 1.807) is 49.5 Å². The number of esters is 1. The Kier molecular flexibility index (Phi) is 5.58. The Bertz CT molecular complexity index is 1260. The smallest absolute Gasteiger partial charge is 0.342 e. The van der Waals surface area contributed by atoms with Crippen molar-refractivity contribution in [2.75, 3.05) is 0 Å². The fraction of sp³-hybridized carbons (Fsp3) is 0.154. The second-order valence-electron chi connectivity index (χ2n) is 7.43. The van der Waals surface area contributed by atoms with E-state index >= 15 is 0 Å². The first-order chi connectivity index (χ1) is 15.0. The molecular formula is C26H23NO4. The van der Waals surface area contributed by atoms with Crippen LogP contribution in [0.3, 0.4) is 0 Å². The Morgan fingerprint density at radius 1 is 0.968 bits per heavy atom. The van der Waals surface area contributed by atoms with Gasteiger partial charge < -0.3 is 14.8 Å². The summed E-state index contributed by atoms with van der Waals surface area (Å²) in [5.41, 5.74) is 3.62. The van der Waals surface area contributed by atoms with Crippen LogP contribution in [0, 0.1) is 6.92 Å². The third-order valence-electron chi connectivity index (χ3n) is 5.47. The lowest BCUT2D eigenvalue weighted by molar-refractivity contribution is 0.0277. The molecule has 1 heterocycles. The number of phenols is 1. The van der Waals surface area contributed by atoms with Crippen LogP contribution < -0.4 is 0 Å². The molecule has 4 aromatic rings. The molecule has 0 bridgehead atoms. The Morgan fingerprint density at radius 2 is 1.71 bits per heavy atom. The Labute approximate surface area is 180 Å². The van der Waals surface area contributed by atoms with E-state index in [2.05, 4.69) is 11.9 Å². The molecule has 0 unspecified atom stereocenters. The van der Waals surface area contributed by atoms with Gasteiger partial charge in [0.1, 0.15) is 11.3 Å². The molecule has 4 rings (SSSR count). The number of hydrogen-bond donors (Lipinski definition) is 2. The number of hydrogen-bond acceptors (Lipinski definition) is 4. The third-order valence-corrected chi connectivity index (χ3v) is 5.47. The highest BCUT2D eigenvalue weighted by Gasteiger charge is 2.29. The molecule has 1 aromatic heterocycles. The van der Waals surface area contributed by atoms with Crippen molar-refractivity contribution >= 4 is 22.7 Å². The van der Waals surface area contributed by atoms with Gasteiger partial charge in [-0.25, -0.2) is 4.79 Å². The number of benzene rings is 3. The SMILES string of the molecule is CCc1cccc2c(C(=O)[C@@H](OC(=O)c3cccc(C)c3O)c3ccccc3)c[nH]c12. The van der Waals surface area contributed by atoms with E-state index in [0.717, 1.165) is 22.9 Å². The van der Waals surface area contributed by atoms with Crippen LogP contribution in [-0.2, 0) is 11.2 Å². The Hall–Kier alpha value is -3.86. The summed E-state index contributed by atoms with van der Waals surface area (Å²) >= 11 is 0. The first-order valence-corrected chi connectivity index (χ1v) is 10.2. The number of fused-ring (bicyclic) bond motifs is 1. The number of H-pyrrole nitrogens is 1. The van der Waals surface area contributed by atoms with Gasteiger partial charge in [-0.05, 0) is 30.5 Å². The van der Waals surface area contributed by atoms with Crippen LogP contribution in [0.4, 0.5) is 0 Å². The van der Waals surface area contributed by atoms with Crippen LogP contribution >= 0.6 is 0 Å². The Morgan fingerprint density at radius 3 is 2.45 bits per heavy atom. The number of ketones is 1. The highest BCUT2D eigenvalue weighted by molar-refractivity contribution is 6.11. The van der Waals surface area contributed by atoms with E-state index in [1.807, 2.05) is 24.3 Å². The average Bonchev–Trinajstić information content (AvgIpc) is 3.23. The molecule has 0 radical (unpaired) electrons. The minimum absolute atomic E-state index is 0.0286. The van der Waals surface area contributed by atoms with E-state index in [1.165, 1.54) is 6.07 Å². The summed E-state index contributed by atoms with van der Waals surface area (Å²) in [5, 5.41) is 11.1. The maximum atomic E-state index is 13.6. The second-order valence-corrected chi connectivity index (χ2v) is 7.43. The summed E-state index contributed by atoms with van der Waals surface area (Å²) in [6.45, 7) is 3.75. The molecule has 31 heavy (non-hydrogen) atoms.